The first-order valence-corrected chi connectivity index (χ1v) is 18.6. The molecule has 2 nitrogen and oxygen atoms in total. The first kappa shape index (κ1) is 28.0. The zero-order chi connectivity index (χ0) is 32.8. The van der Waals surface area contributed by atoms with Gasteiger partial charge in [-0.25, -0.2) is 0 Å². The first-order valence-electron chi connectivity index (χ1n) is 16.9. The maximum absolute atomic E-state index is 2.52. The largest absolute Gasteiger partial charge is 0.308 e. The van der Waals surface area contributed by atoms with Gasteiger partial charge in [0.1, 0.15) is 0 Å². The fourth-order valence-corrected chi connectivity index (χ4v) is 10.3. The number of benzene rings is 8. The summed E-state index contributed by atoms with van der Waals surface area (Å²) in [5.74, 6) is 0. The number of fused-ring (bicyclic) bond motifs is 11. The molecule has 0 radical (unpaired) electrons. The third-order valence-electron chi connectivity index (χ3n) is 10.2. The zero-order valence-corrected chi connectivity index (χ0v) is 28.5. The van der Waals surface area contributed by atoms with Gasteiger partial charge < -0.3 is 9.47 Å². The molecule has 4 heteroatoms. The van der Waals surface area contributed by atoms with Crippen LogP contribution in [0, 0.1) is 0 Å². The molecular formula is C46H28N2S2. The number of anilines is 3. The second kappa shape index (κ2) is 10.8. The molecule has 234 valence electrons. The highest BCUT2D eigenvalue weighted by molar-refractivity contribution is 7.26. The fourth-order valence-electron chi connectivity index (χ4n) is 8.05. The normalized spacial score (nSPS) is 12.0. The highest BCUT2D eigenvalue weighted by Gasteiger charge is 2.24. The van der Waals surface area contributed by atoms with Crippen LogP contribution in [-0.4, -0.2) is 4.57 Å². The van der Waals surface area contributed by atoms with Crippen molar-refractivity contribution >= 4 is 113 Å². The van der Waals surface area contributed by atoms with Crippen LogP contribution in [0.25, 0.3) is 78.6 Å². The second-order valence-electron chi connectivity index (χ2n) is 12.9. The average molecular weight is 673 g/mol. The number of para-hydroxylation sites is 3. The van der Waals surface area contributed by atoms with Gasteiger partial charge in [0.15, 0.2) is 0 Å². The average Bonchev–Trinajstić information content (AvgIpc) is 3.86. The summed E-state index contributed by atoms with van der Waals surface area (Å²) < 4.78 is 7.68. The summed E-state index contributed by atoms with van der Waals surface area (Å²) in [6.07, 6.45) is 0. The Kier molecular flexibility index (Phi) is 6.03. The number of hydrogen-bond acceptors (Lipinski definition) is 3. The van der Waals surface area contributed by atoms with E-state index in [0.29, 0.717) is 0 Å². The lowest BCUT2D eigenvalue weighted by atomic mass is 10.0. The first-order chi connectivity index (χ1) is 24.8. The van der Waals surface area contributed by atoms with E-state index in [4.69, 9.17) is 0 Å². The summed E-state index contributed by atoms with van der Waals surface area (Å²) in [4.78, 5) is 2.52. The molecule has 3 heterocycles. The molecule has 0 spiro atoms. The maximum Gasteiger partial charge on any atom is 0.0782 e. The van der Waals surface area contributed by atoms with Crippen molar-refractivity contribution in [2.45, 2.75) is 0 Å². The van der Waals surface area contributed by atoms with Crippen molar-refractivity contribution in [2.24, 2.45) is 0 Å². The predicted molar refractivity (Wildman–Crippen MR) is 219 cm³/mol. The van der Waals surface area contributed by atoms with Crippen LogP contribution in [-0.2, 0) is 0 Å². The van der Waals surface area contributed by atoms with Crippen LogP contribution in [0.4, 0.5) is 17.1 Å². The molecule has 0 N–H and O–H groups in total. The van der Waals surface area contributed by atoms with Crippen LogP contribution in [0.15, 0.2) is 170 Å². The van der Waals surface area contributed by atoms with E-state index in [9.17, 15) is 0 Å². The summed E-state index contributed by atoms with van der Waals surface area (Å²) in [5, 5.41) is 10.2. The molecule has 50 heavy (non-hydrogen) atoms. The number of thiophene rings is 2. The van der Waals surface area contributed by atoms with Crippen LogP contribution in [0.3, 0.4) is 0 Å². The van der Waals surface area contributed by atoms with E-state index in [1.807, 2.05) is 22.7 Å². The van der Waals surface area contributed by atoms with E-state index in [-0.39, 0.29) is 0 Å². The summed E-state index contributed by atoms with van der Waals surface area (Å²) in [7, 11) is 0. The van der Waals surface area contributed by atoms with Gasteiger partial charge in [-0.05, 0) is 77.5 Å². The summed E-state index contributed by atoms with van der Waals surface area (Å²) in [5.41, 5.74) is 7.00. The second-order valence-corrected chi connectivity index (χ2v) is 15.1. The molecule has 0 unspecified atom stereocenters. The molecule has 0 aliphatic carbocycles. The van der Waals surface area contributed by atoms with E-state index in [0.717, 1.165) is 17.1 Å². The molecule has 0 saturated carbocycles. The molecule has 0 saturated heterocycles. The van der Waals surface area contributed by atoms with E-state index < -0.39 is 0 Å². The molecule has 0 fully saturated rings. The number of aromatic nitrogens is 1. The standard InChI is InChI=1S/C46H28N2S2/c1-2-12-30(13-3-1)48-37-18-7-4-14-32(37)33-17-10-20-39(46(33)48)47(38-19-11-23-42-45(38)35-16-6-9-22-41(35)49-42)31-26-24-29-25-27-43-44(36(29)28-31)34-15-5-8-21-40(34)50-43/h1-28H. The third-order valence-corrected chi connectivity index (χ3v) is 12.4. The van der Waals surface area contributed by atoms with E-state index in [1.54, 1.807) is 0 Å². The Balaban J connectivity index is 1.30. The smallest absolute Gasteiger partial charge is 0.0782 e. The van der Waals surface area contributed by atoms with Crippen molar-refractivity contribution in [3.05, 3.63) is 170 Å². The van der Waals surface area contributed by atoms with Gasteiger partial charge in [0.25, 0.3) is 0 Å². The van der Waals surface area contributed by atoms with Crippen LogP contribution < -0.4 is 4.90 Å². The van der Waals surface area contributed by atoms with Crippen LogP contribution >= 0.6 is 22.7 Å². The highest BCUT2D eigenvalue weighted by atomic mass is 32.1. The van der Waals surface area contributed by atoms with Crippen molar-refractivity contribution in [3.8, 4) is 5.69 Å². The van der Waals surface area contributed by atoms with Crippen molar-refractivity contribution in [2.75, 3.05) is 4.90 Å². The van der Waals surface area contributed by atoms with Crippen LogP contribution in [0.2, 0.25) is 0 Å². The van der Waals surface area contributed by atoms with Gasteiger partial charge in [-0.15, -0.1) is 22.7 Å². The molecule has 11 rings (SSSR count). The highest BCUT2D eigenvalue weighted by Crippen LogP contribution is 2.49. The molecule has 0 aliphatic rings. The minimum Gasteiger partial charge on any atom is -0.308 e. The third kappa shape index (κ3) is 4.01. The monoisotopic (exact) mass is 672 g/mol. The predicted octanol–water partition coefficient (Wildman–Crippen LogP) is 14.1. The van der Waals surface area contributed by atoms with E-state index in [2.05, 4.69) is 179 Å². The molecular weight excluding hydrogens is 645 g/mol. The van der Waals surface area contributed by atoms with Crippen LogP contribution in [0.5, 0.6) is 0 Å². The van der Waals surface area contributed by atoms with Gasteiger partial charge in [0, 0.05) is 62.5 Å². The number of rotatable bonds is 4. The molecule has 0 aliphatic heterocycles. The quantitative estimate of drug-likeness (QED) is 0.181. The van der Waals surface area contributed by atoms with E-state index in [1.165, 1.54) is 78.6 Å². The molecule has 3 aromatic heterocycles. The van der Waals surface area contributed by atoms with Crippen LogP contribution in [0.1, 0.15) is 0 Å². The Labute approximate surface area is 296 Å². The molecule has 0 atom stereocenters. The van der Waals surface area contributed by atoms with Gasteiger partial charge >= 0.3 is 0 Å². The van der Waals surface area contributed by atoms with Crippen molar-refractivity contribution in [3.63, 3.8) is 0 Å². The van der Waals surface area contributed by atoms with Gasteiger partial charge in [-0.3, -0.25) is 0 Å². The Bertz CT molecular complexity index is 3110. The molecule has 8 aromatic carbocycles. The molecule has 11 aromatic rings. The SMILES string of the molecule is c1ccc(-n2c3ccccc3c3cccc(N(c4ccc5ccc6sc7ccccc7c6c5c4)c4cccc5sc6ccccc6c45)c32)cc1. The van der Waals surface area contributed by atoms with Crippen molar-refractivity contribution in [1.82, 2.24) is 4.57 Å². The maximum atomic E-state index is 2.52. The van der Waals surface area contributed by atoms with Crippen molar-refractivity contribution in [1.29, 1.82) is 0 Å². The summed E-state index contributed by atoms with van der Waals surface area (Å²) >= 11 is 3.74. The molecule has 0 bridgehead atoms. The van der Waals surface area contributed by atoms with Crippen molar-refractivity contribution < 1.29 is 0 Å². The fraction of sp³-hybridized carbons (Fsp3) is 0. The Morgan fingerprint density at radius 1 is 0.400 bits per heavy atom. The van der Waals surface area contributed by atoms with Gasteiger partial charge in [-0.1, -0.05) is 103 Å². The minimum atomic E-state index is 1.14. The lowest BCUT2D eigenvalue weighted by molar-refractivity contribution is 1.17. The Morgan fingerprint density at radius 2 is 1.00 bits per heavy atom. The van der Waals surface area contributed by atoms with Gasteiger partial charge in [0.2, 0.25) is 0 Å². The van der Waals surface area contributed by atoms with E-state index >= 15 is 0 Å². The summed E-state index contributed by atoms with van der Waals surface area (Å²) in [6.45, 7) is 0. The van der Waals surface area contributed by atoms with Gasteiger partial charge in [-0.2, -0.15) is 0 Å². The Hall–Kier alpha value is -5.94. The topological polar surface area (TPSA) is 8.17 Å². The summed E-state index contributed by atoms with van der Waals surface area (Å²) in [6, 6.07) is 62.5. The van der Waals surface area contributed by atoms with Gasteiger partial charge in [0.05, 0.1) is 22.4 Å². The Morgan fingerprint density at radius 3 is 1.82 bits per heavy atom. The zero-order valence-electron chi connectivity index (χ0n) is 26.9. The number of nitrogens with zero attached hydrogens (tertiary/aromatic N) is 2. The molecule has 0 amide bonds. The lowest BCUT2D eigenvalue weighted by Gasteiger charge is -2.28. The number of hydrogen-bond donors (Lipinski definition) is 0. The lowest BCUT2D eigenvalue weighted by Crippen LogP contribution is -2.12. The minimum absolute atomic E-state index is 1.14.